The first-order valence-corrected chi connectivity index (χ1v) is 8.77. The molecule has 0 spiro atoms. The molecule has 0 aliphatic carbocycles. The largest absolute Gasteiger partial charge is 0.444 e. The number of hydrogen-bond donors (Lipinski definition) is 2. The van der Waals surface area contributed by atoms with Gasteiger partial charge in [0.2, 0.25) is 0 Å². The molecule has 1 amide bonds. The van der Waals surface area contributed by atoms with Crippen molar-refractivity contribution < 1.29 is 23.1 Å². The quantitative estimate of drug-likeness (QED) is 0.882. The molecule has 0 fully saturated rings. The van der Waals surface area contributed by atoms with Crippen molar-refractivity contribution in [2.24, 2.45) is 0 Å². The smallest absolute Gasteiger partial charge is 0.407 e. The molecule has 22 heavy (non-hydrogen) atoms. The fraction of sp³-hybridized carbons (Fsp3) is 0.533. The van der Waals surface area contributed by atoms with Gasteiger partial charge in [0.25, 0.3) is 0 Å². The molecule has 0 heterocycles. The summed E-state index contributed by atoms with van der Waals surface area (Å²) in [6.45, 7) is 6.88. The standard InChI is InChI=1S/C15H23NO5S/c1-10(16-14(18)21-15(2,3)4)13(17)11-6-8-12(9-7-11)22(5,19)20/h6-10,13,17H,1-5H3,(H,16,18)/t10-,13+/m1/s1. The molecule has 1 rings (SSSR count). The van der Waals surface area contributed by atoms with Gasteiger partial charge in [-0.3, -0.25) is 0 Å². The summed E-state index contributed by atoms with van der Waals surface area (Å²) >= 11 is 0. The molecule has 2 N–H and O–H groups in total. The third-order valence-corrected chi connectivity index (χ3v) is 4.00. The van der Waals surface area contributed by atoms with E-state index in [-0.39, 0.29) is 4.90 Å². The molecular weight excluding hydrogens is 306 g/mol. The highest BCUT2D eigenvalue weighted by atomic mass is 32.2. The number of sulfone groups is 1. The highest BCUT2D eigenvalue weighted by molar-refractivity contribution is 7.90. The Morgan fingerprint density at radius 3 is 2.14 bits per heavy atom. The Labute approximate surface area is 131 Å². The van der Waals surface area contributed by atoms with E-state index < -0.39 is 33.7 Å². The Morgan fingerprint density at radius 2 is 1.73 bits per heavy atom. The Morgan fingerprint density at radius 1 is 1.23 bits per heavy atom. The van der Waals surface area contributed by atoms with Gasteiger partial charge < -0.3 is 15.2 Å². The van der Waals surface area contributed by atoms with Crippen LogP contribution in [0, 0.1) is 0 Å². The summed E-state index contributed by atoms with van der Waals surface area (Å²) in [5.41, 5.74) is -0.109. The van der Waals surface area contributed by atoms with Crippen LogP contribution in [0.2, 0.25) is 0 Å². The zero-order valence-corrected chi connectivity index (χ0v) is 14.3. The van der Waals surface area contributed by atoms with E-state index in [1.165, 1.54) is 24.3 Å². The fourth-order valence-electron chi connectivity index (χ4n) is 1.77. The van der Waals surface area contributed by atoms with Crippen molar-refractivity contribution in [1.82, 2.24) is 5.32 Å². The van der Waals surface area contributed by atoms with Crippen molar-refractivity contribution in [1.29, 1.82) is 0 Å². The second-order valence-electron chi connectivity index (χ2n) is 6.22. The molecular formula is C15H23NO5S. The number of aliphatic hydroxyl groups excluding tert-OH is 1. The first kappa shape index (κ1) is 18.4. The van der Waals surface area contributed by atoms with E-state index in [1.54, 1.807) is 27.7 Å². The Balaban J connectivity index is 2.75. The molecule has 1 aromatic carbocycles. The SMILES string of the molecule is C[C@@H](NC(=O)OC(C)(C)C)[C@H](O)c1ccc(S(C)(=O)=O)cc1. The van der Waals surface area contributed by atoms with Gasteiger partial charge in [-0.1, -0.05) is 12.1 Å². The molecule has 0 saturated carbocycles. The van der Waals surface area contributed by atoms with Crippen LogP contribution in [0.15, 0.2) is 29.2 Å². The van der Waals surface area contributed by atoms with Crippen molar-refractivity contribution in [3.8, 4) is 0 Å². The van der Waals surface area contributed by atoms with Gasteiger partial charge in [-0.25, -0.2) is 13.2 Å². The van der Waals surface area contributed by atoms with Crippen molar-refractivity contribution in [2.75, 3.05) is 6.26 Å². The van der Waals surface area contributed by atoms with Crippen LogP contribution in [-0.4, -0.2) is 37.5 Å². The average Bonchev–Trinajstić information content (AvgIpc) is 2.34. The van der Waals surface area contributed by atoms with Crippen LogP contribution in [0.1, 0.15) is 39.4 Å². The number of carbonyl (C=O) groups is 1. The van der Waals surface area contributed by atoms with Crippen molar-refractivity contribution >= 4 is 15.9 Å². The van der Waals surface area contributed by atoms with Crippen molar-refractivity contribution in [2.45, 2.75) is 50.3 Å². The summed E-state index contributed by atoms with van der Waals surface area (Å²) in [6.07, 6.45) is -0.474. The van der Waals surface area contributed by atoms with Gasteiger partial charge in [-0.15, -0.1) is 0 Å². The normalized spacial score (nSPS) is 15.0. The highest BCUT2D eigenvalue weighted by Gasteiger charge is 2.22. The van der Waals surface area contributed by atoms with Crippen molar-refractivity contribution in [3.05, 3.63) is 29.8 Å². The second-order valence-corrected chi connectivity index (χ2v) is 8.24. The maximum atomic E-state index is 11.7. The van der Waals surface area contributed by atoms with Gasteiger partial charge in [0.1, 0.15) is 5.60 Å². The van der Waals surface area contributed by atoms with E-state index in [9.17, 15) is 18.3 Å². The van der Waals surface area contributed by atoms with Gasteiger partial charge in [-0.2, -0.15) is 0 Å². The van der Waals surface area contributed by atoms with E-state index in [2.05, 4.69) is 5.32 Å². The van der Waals surface area contributed by atoms with Gasteiger partial charge in [0.15, 0.2) is 9.84 Å². The van der Waals surface area contributed by atoms with Crippen LogP contribution in [0.4, 0.5) is 4.79 Å². The molecule has 124 valence electrons. The minimum absolute atomic E-state index is 0.177. The molecule has 0 unspecified atom stereocenters. The van der Waals surface area contributed by atoms with Crippen LogP contribution in [0.25, 0.3) is 0 Å². The van der Waals surface area contributed by atoms with Gasteiger partial charge in [0, 0.05) is 6.26 Å². The lowest BCUT2D eigenvalue weighted by Gasteiger charge is -2.24. The Hall–Kier alpha value is -1.60. The summed E-state index contributed by atoms with van der Waals surface area (Å²) in [5, 5.41) is 12.8. The zero-order chi connectivity index (χ0) is 17.1. The molecule has 6 nitrogen and oxygen atoms in total. The summed E-state index contributed by atoms with van der Waals surface area (Å²) < 4.78 is 27.9. The number of alkyl carbamates (subject to hydrolysis) is 1. The van der Waals surface area contributed by atoms with Gasteiger partial charge in [-0.05, 0) is 45.4 Å². The van der Waals surface area contributed by atoms with E-state index in [4.69, 9.17) is 4.74 Å². The maximum absolute atomic E-state index is 11.7. The third-order valence-electron chi connectivity index (χ3n) is 2.87. The molecule has 7 heteroatoms. The van der Waals surface area contributed by atoms with E-state index >= 15 is 0 Å². The maximum Gasteiger partial charge on any atom is 0.407 e. The number of nitrogens with one attached hydrogen (secondary N) is 1. The lowest BCUT2D eigenvalue weighted by atomic mass is 10.0. The van der Waals surface area contributed by atoms with Crippen LogP contribution in [-0.2, 0) is 14.6 Å². The first-order valence-electron chi connectivity index (χ1n) is 6.88. The third kappa shape index (κ3) is 5.65. The monoisotopic (exact) mass is 329 g/mol. The van der Waals surface area contributed by atoms with Crippen molar-refractivity contribution in [3.63, 3.8) is 0 Å². The summed E-state index contributed by atoms with van der Waals surface area (Å²) in [6, 6.07) is 5.31. The summed E-state index contributed by atoms with van der Waals surface area (Å²) in [5.74, 6) is 0. The summed E-state index contributed by atoms with van der Waals surface area (Å²) in [7, 11) is -3.28. The molecule has 0 aliphatic rings. The molecule has 0 radical (unpaired) electrons. The molecule has 0 aromatic heterocycles. The lowest BCUT2D eigenvalue weighted by molar-refractivity contribution is 0.0436. The van der Waals surface area contributed by atoms with Gasteiger partial charge >= 0.3 is 6.09 Å². The van der Waals surface area contributed by atoms with Crippen LogP contribution >= 0.6 is 0 Å². The fourth-order valence-corrected chi connectivity index (χ4v) is 2.40. The molecule has 1 aromatic rings. The topological polar surface area (TPSA) is 92.7 Å². The Kier molecular flexibility index (Phi) is 5.59. The van der Waals surface area contributed by atoms with E-state index in [1.807, 2.05) is 0 Å². The number of hydrogen-bond acceptors (Lipinski definition) is 5. The van der Waals surface area contributed by atoms with Crippen LogP contribution < -0.4 is 5.32 Å². The average molecular weight is 329 g/mol. The molecule has 2 atom stereocenters. The second kappa shape index (κ2) is 6.66. The highest BCUT2D eigenvalue weighted by Crippen LogP contribution is 2.19. The number of rotatable bonds is 4. The minimum Gasteiger partial charge on any atom is -0.444 e. The predicted octanol–water partition coefficient (Wildman–Crippen LogP) is 2.04. The number of amides is 1. The number of ether oxygens (including phenoxy) is 1. The van der Waals surface area contributed by atoms with Gasteiger partial charge in [0.05, 0.1) is 17.0 Å². The zero-order valence-electron chi connectivity index (χ0n) is 13.5. The molecule has 0 saturated heterocycles. The number of carbonyl (C=O) groups excluding carboxylic acids is 1. The first-order chi connectivity index (χ1) is 9.90. The molecule has 0 bridgehead atoms. The number of aliphatic hydroxyl groups is 1. The summed E-state index contributed by atoms with van der Waals surface area (Å²) in [4.78, 5) is 11.8. The molecule has 0 aliphatic heterocycles. The van der Waals surface area contributed by atoms with Crippen LogP contribution in [0.5, 0.6) is 0 Å². The van der Waals surface area contributed by atoms with E-state index in [0.717, 1.165) is 6.26 Å². The lowest BCUT2D eigenvalue weighted by Crippen LogP contribution is -2.40. The number of benzene rings is 1. The Bertz CT molecular complexity index is 616. The van der Waals surface area contributed by atoms with E-state index in [0.29, 0.717) is 5.56 Å². The van der Waals surface area contributed by atoms with Crippen LogP contribution in [0.3, 0.4) is 0 Å². The minimum atomic E-state index is -3.28. The predicted molar refractivity (Wildman–Crippen MR) is 83.3 cm³/mol.